The molecule has 1 aliphatic rings. The number of nitrogens with zero attached hydrogens (tertiary/aromatic N) is 2. The van der Waals surface area contributed by atoms with E-state index >= 15 is 0 Å². The summed E-state index contributed by atoms with van der Waals surface area (Å²) in [7, 11) is 0. The molecule has 0 aromatic heterocycles. The highest BCUT2D eigenvalue weighted by atomic mass is 16.6. The van der Waals surface area contributed by atoms with Gasteiger partial charge in [-0.15, -0.1) is 0 Å². The summed E-state index contributed by atoms with van der Waals surface area (Å²) in [5.74, 6) is 0.527. The first kappa shape index (κ1) is 15.3. The number of rotatable bonds is 5. The SMILES string of the molecule is CCNC1(C#N)CCC(Oc2cccc([N+](=O)[O-])c2C)C1. The molecule has 1 aromatic carbocycles. The minimum atomic E-state index is -0.534. The molecular weight excluding hydrogens is 270 g/mol. The van der Waals surface area contributed by atoms with Gasteiger partial charge >= 0.3 is 0 Å². The van der Waals surface area contributed by atoms with Crippen molar-refractivity contribution in [1.82, 2.24) is 5.32 Å². The highest BCUT2D eigenvalue weighted by Gasteiger charge is 2.40. The van der Waals surface area contributed by atoms with Crippen LogP contribution < -0.4 is 10.1 Å². The van der Waals surface area contributed by atoms with Crippen molar-refractivity contribution in [3.05, 3.63) is 33.9 Å². The van der Waals surface area contributed by atoms with Crippen molar-refractivity contribution in [2.75, 3.05) is 6.54 Å². The zero-order valence-electron chi connectivity index (χ0n) is 12.3. The lowest BCUT2D eigenvalue weighted by Crippen LogP contribution is -2.42. The van der Waals surface area contributed by atoms with E-state index in [1.807, 2.05) is 6.92 Å². The van der Waals surface area contributed by atoms with E-state index in [9.17, 15) is 15.4 Å². The molecule has 1 fully saturated rings. The van der Waals surface area contributed by atoms with Gasteiger partial charge in [0.05, 0.1) is 16.6 Å². The normalized spacial score (nSPS) is 24.5. The molecule has 2 atom stereocenters. The second-order valence-corrected chi connectivity index (χ2v) is 5.36. The number of nitro benzene ring substituents is 1. The number of benzene rings is 1. The van der Waals surface area contributed by atoms with Gasteiger partial charge in [0.15, 0.2) is 0 Å². The van der Waals surface area contributed by atoms with Crippen LogP contribution in [0.2, 0.25) is 0 Å². The third kappa shape index (κ3) is 3.14. The molecule has 1 saturated carbocycles. The van der Waals surface area contributed by atoms with Crippen molar-refractivity contribution >= 4 is 5.69 Å². The topological polar surface area (TPSA) is 88.2 Å². The van der Waals surface area contributed by atoms with Gasteiger partial charge in [0, 0.05) is 12.5 Å². The number of nitrogens with one attached hydrogen (secondary N) is 1. The van der Waals surface area contributed by atoms with Crippen LogP contribution in [0.3, 0.4) is 0 Å². The zero-order valence-corrected chi connectivity index (χ0v) is 12.3. The van der Waals surface area contributed by atoms with Crippen LogP contribution in [-0.2, 0) is 0 Å². The van der Waals surface area contributed by atoms with Crippen molar-refractivity contribution < 1.29 is 9.66 Å². The number of nitriles is 1. The van der Waals surface area contributed by atoms with Gasteiger partial charge in [-0.05, 0) is 32.4 Å². The molecule has 1 aliphatic carbocycles. The molecule has 0 radical (unpaired) electrons. The predicted octanol–water partition coefficient (Wildman–Crippen LogP) is 2.71. The fourth-order valence-electron chi connectivity index (χ4n) is 2.85. The molecule has 0 spiro atoms. The van der Waals surface area contributed by atoms with Crippen LogP contribution in [0.25, 0.3) is 0 Å². The number of hydrogen-bond donors (Lipinski definition) is 1. The highest BCUT2D eigenvalue weighted by Crippen LogP contribution is 2.35. The second-order valence-electron chi connectivity index (χ2n) is 5.36. The largest absolute Gasteiger partial charge is 0.490 e. The van der Waals surface area contributed by atoms with Gasteiger partial charge in [-0.2, -0.15) is 5.26 Å². The average Bonchev–Trinajstić information content (AvgIpc) is 2.85. The minimum absolute atomic E-state index is 0.0590. The summed E-state index contributed by atoms with van der Waals surface area (Å²) >= 11 is 0. The highest BCUT2D eigenvalue weighted by molar-refractivity contribution is 5.48. The van der Waals surface area contributed by atoms with Crippen LogP contribution in [0.4, 0.5) is 5.69 Å². The van der Waals surface area contributed by atoms with E-state index in [-0.39, 0.29) is 11.8 Å². The Hall–Kier alpha value is -2.13. The summed E-state index contributed by atoms with van der Waals surface area (Å²) in [6.45, 7) is 4.39. The third-order valence-corrected chi connectivity index (χ3v) is 3.94. The van der Waals surface area contributed by atoms with E-state index in [0.29, 0.717) is 17.7 Å². The molecule has 21 heavy (non-hydrogen) atoms. The fourth-order valence-corrected chi connectivity index (χ4v) is 2.85. The predicted molar refractivity (Wildman–Crippen MR) is 78.1 cm³/mol. The van der Waals surface area contributed by atoms with Gasteiger partial charge < -0.3 is 4.74 Å². The zero-order chi connectivity index (χ0) is 15.5. The standard InChI is InChI=1S/C15H19N3O3/c1-3-17-15(10-16)8-7-12(9-15)21-14-6-4-5-13(11(14)2)18(19)20/h4-6,12,17H,3,7-9H2,1-2H3. The van der Waals surface area contributed by atoms with Crippen molar-refractivity contribution in [1.29, 1.82) is 5.26 Å². The maximum Gasteiger partial charge on any atom is 0.276 e. The summed E-state index contributed by atoms with van der Waals surface area (Å²) in [5, 5.41) is 23.5. The molecule has 2 unspecified atom stereocenters. The molecule has 0 heterocycles. The van der Waals surface area contributed by atoms with E-state index in [1.165, 1.54) is 6.07 Å². The quantitative estimate of drug-likeness (QED) is 0.665. The fraction of sp³-hybridized carbons (Fsp3) is 0.533. The van der Waals surface area contributed by atoms with E-state index < -0.39 is 10.5 Å². The lowest BCUT2D eigenvalue weighted by molar-refractivity contribution is -0.385. The Morgan fingerprint density at radius 3 is 3.00 bits per heavy atom. The molecule has 6 nitrogen and oxygen atoms in total. The van der Waals surface area contributed by atoms with E-state index in [4.69, 9.17) is 4.74 Å². The Bertz CT molecular complexity index is 582. The number of hydrogen-bond acceptors (Lipinski definition) is 5. The Labute approximate surface area is 123 Å². The molecule has 0 bridgehead atoms. The van der Waals surface area contributed by atoms with E-state index in [2.05, 4.69) is 11.4 Å². The van der Waals surface area contributed by atoms with Crippen molar-refractivity contribution in [3.63, 3.8) is 0 Å². The first-order valence-electron chi connectivity index (χ1n) is 7.08. The first-order chi connectivity index (χ1) is 10.0. The van der Waals surface area contributed by atoms with Crippen LogP contribution in [-0.4, -0.2) is 23.1 Å². The first-order valence-corrected chi connectivity index (χ1v) is 7.08. The van der Waals surface area contributed by atoms with E-state index in [1.54, 1.807) is 19.1 Å². The molecular formula is C15H19N3O3. The Balaban J connectivity index is 2.12. The number of ether oxygens (including phenoxy) is 1. The maximum absolute atomic E-state index is 10.9. The second kappa shape index (κ2) is 6.10. The lowest BCUT2D eigenvalue weighted by atomic mass is 10.00. The van der Waals surface area contributed by atoms with Gasteiger partial charge in [-0.1, -0.05) is 13.0 Å². The molecule has 0 amide bonds. The maximum atomic E-state index is 10.9. The summed E-state index contributed by atoms with van der Waals surface area (Å²) in [4.78, 5) is 10.5. The van der Waals surface area contributed by atoms with Gasteiger partial charge in [0.2, 0.25) is 0 Å². The van der Waals surface area contributed by atoms with Crippen molar-refractivity contribution in [2.24, 2.45) is 0 Å². The van der Waals surface area contributed by atoms with Crippen LogP contribution in [0.15, 0.2) is 18.2 Å². The van der Waals surface area contributed by atoms with Crippen LogP contribution in [0.1, 0.15) is 31.7 Å². The van der Waals surface area contributed by atoms with Crippen molar-refractivity contribution in [3.8, 4) is 11.8 Å². The van der Waals surface area contributed by atoms with Gasteiger partial charge in [-0.3, -0.25) is 15.4 Å². The van der Waals surface area contributed by atoms with Crippen LogP contribution in [0.5, 0.6) is 5.75 Å². The molecule has 112 valence electrons. The summed E-state index contributed by atoms with van der Waals surface area (Å²) in [5.41, 5.74) is 0.0535. The van der Waals surface area contributed by atoms with E-state index in [0.717, 1.165) is 19.4 Å². The third-order valence-electron chi connectivity index (χ3n) is 3.94. The molecule has 1 N–H and O–H groups in total. The average molecular weight is 289 g/mol. The Kier molecular flexibility index (Phi) is 4.43. The molecule has 2 rings (SSSR count). The molecule has 1 aromatic rings. The molecule has 0 aliphatic heterocycles. The summed E-state index contributed by atoms with van der Waals surface area (Å²) in [6.07, 6.45) is 2.00. The van der Waals surface area contributed by atoms with Gasteiger partial charge in [0.25, 0.3) is 5.69 Å². The Morgan fingerprint density at radius 2 is 2.38 bits per heavy atom. The lowest BCUT2D eigenvalue weighted by Gasteiger charge is -2.22. The van der Waals surface area contributed by atoms with Crippen molar-refractivity contribution in [2.45, 2.75) is 44.8 Å². The Morgan fingerprint density at radius 1 is 1.62 bits per heavy atom. The van der Waals surface area contributed by atoms with Gasteiger partial charge in [-0.25, -0.2) is 0 Å². The summed E-state index contributed by atoms with van der Waals surface area (Å²) in [6, 6.07) is 7.17. The number of nitro groups is 1. The summed E-state index contributed by atoms with van der Waals surface area (Å²) < 4.78 is 5.90. The van der Waals surface area contributed by atoms with Gasteiger partial charge in [0.1, 0.15) is 17.4 Å². The molecule has 0 saturated heterocycles. The van der Waals surface area contributed by atoms with Crippen LogP contribution >= 0.6 is 0 Å². The van der Waals surface area contributed by atoms with Crippen LogP contribution in [0, 0.1) is 28.4 Å². The molecule has 6 heteroatoms. The minimum Gasteiger partial charge on any atom is -0.490 e. The smallest absolute Gasteiger partial charge is 0.276 e. The monoisotopic (exact) mass is 289 g/mol.